The molecule has 1 atom stereocenters. The van der Waals surface area contributed by atoms with Gasteiger partial charge in [-0.25, -0.2) is 4.98 Å². The van der Waals surface area contributed by atoms with Crippen molar-refractivity contribution in [2.24, 2.45) is 0 Å². The van der Waals surface area contributed by atoms with Crippen LogP contribution >= 0.6 is 11.6 Å². The van der Waals surface area contributed by atoms with Crippen molar-refractivity contribution in [3.05, 3.63) is 58.9 Å². The minimum absolute atomic E-state index is 0.188. The summed E-state index contributed by atoms with van der Waals surface area (Å²) in [5.41, 5.74) is 0.169. The summed E-state index contributed by atoms with van der Waals surface area (Å²) in [5.74, 6) is 0. The number of hydrogen-bond acceptors (Lipinski definition) is 2. The van der Waals surface area contributed by atoms with Gasteiger partial charge >= 0.3 is 6.18 Å². The highest BCUT2D eigenvalue weighted by Crippen LogP contribution is 2.35. The van der Waals surface area contributed by atoms with E-state index in [-0.39, 0.29) is 10.7 Å². The van der Waals surface area contributed by atoms with Crippen molar-refractivity contribution in [1.82, 2.24) is 4.98 Å². The Hall–Kier alpha value is -1.75. The molecule has 0 amide bonds. The van der Waals surface area contributed by atoms with Crippen LogP contribution in [0.25, 0.3) is 0 Å². The Kier molecular flexibility index (Phi) is 4.18. The summed E-state index contributed by atoms with van der Waals surface area (Å²) >= 11 is 5.75. The number of anilines is 1. The largest absolute Gasteiger partial charge is 0.416 e. The summed E-state index contributed by atoms with van der Waals surface area (Å²) in [6, 6.07) is 8.21. The number of benzene rings is 1. The molecule has 1 aromatic carbocycles. The van der Waals surface area contributed by atoms with Crippen LogP contribution in [0.5, 0.6) is 0 Å². The summed E-state index contributed by atoms with van der Waals surface area (Å²) in [7, 11) is 0. The van der Waals surface area contributed by atoms with Gasteiger partial charge in [0.2, 0.25) is 0 Å². The molecule has 0 spiro atoms. The predicted molar refractivity (Wildman–Crippen MR) is 72.7 cm³/mol. The van der Waals surface area contributed by atoms with E-state index in [1.807, 2.05) is 0 Å². The fourth-order valence-electron chi connectivity index (χ4n) is 1.95. The molecule has 0 fully saturated rings. The van der Waals surface area contributed by atoms with Gasteiger partial charge in [0.05, 0.1) is 5.56 Å². The molecule has 0 aliphatic heterocycles. The summed E-state index contributed by atoms with van der Waals surface area (Å²) in [6.07, 6.45) is -2.88. The SMILES string of the molecule is CC(Nc1ccnc(Cl)c1)c1ccccc1C(F)(F)F. The molecule has 1 aromatic heterocycles. The van der Waals surface area contributed by atoms with E-state index in [1.165, 1.54) is 18.3 Å². The van der Waals surface area contributed by atoms with E-state index >= 15 is 0 Å². The van der Waals surface area contributed by atoms with E-state index in [9.17, 15) is 13.2 Å². The molecule has 2 aromatic rings. The maximum absolute atomic E-state index is 13.0. The third-order valence-corrected chi connectivity index (χ3v) is 3.05. The van der Waals surface area contributed by atoms with Gasteiger partial charge < -0.3 is 5.32 Å². The maximum atomic E-state index is 13.0. The molecule has 2 nitrogen and oxygen atoms in total. The summed E-state index contributed by atoms with van der Waals surface area (Å²) in [6.45, 7) is 1.67. The van der Waals surface area contributed by atoms with E-state index in [2.05, 4.69) is 10.3 Å². The van der Waals surface area contributed by atoms with Crippen molar-refractivity contribution < 1.29 is 13.2 Å². The van der Waals surface area contributed by atoms with Crippen LogP contribution in [0.3, 0.4) is 0 Å². The first-order valence-electron chi connectivity index (χ1n) is 5.92. The van der Waals surface area contributed by atoms with Crippen LogP contribution in [0.4, 0.5) is 18.9 Å². The number of pyridine rings is 1. The van der Waals surface area contributed by atoms with Crippen molar-refractivity contribution in [3.63, 3.8) is 0 Å². The molecule has 1 unspecified atom stereocenters. The zero-order valence-corrected chi connectivity index (χ0v) is 11.3. The number of rotatable bonds is 3. The van der Waals surface area contributed by atoms with Crippen LogP contribution in [-0.4, -0.2) is 4.98 Å². The van der Waals surface area contributed by atoms with E-state index in [0.29, 0.717) is 5.69 Å². The van der Waals surface area contributed by atoms with E-state index in [0.717, 1.165) is 6.07 Å². The van der Waals surface area contributed by atoms with Crippen LogP contribution in [0.1, 0.15) is 24.1 Å². The molecule has 1 heterocycles. The third kappa shape index (κ3) is 3.42. The van der Waals surface area contributed by atoms with Crippen molar-refractivity contribution in [1.29, 1.82) is 0 Å². The van der Waals surface area contributed by atoms with Gasteiger partial charge in [-0.05, 0) is 30.7 Å². The zero-order valence-electron chi connectivity index (χ0n) is 10.6. The number of nitrogens with zero attached hydrogens (tertiary/aromatic N) is 1. The summed E-state index contributed by atoms with van der Waals surface area (Å²) in [5, 5.41) is 3.27. The van der Waals surface area contributed by atoms with Gasteiger partial charge in [-0.1, -0.05) is 29.8 Å². The van der Waals surface area contributed by atoms with Crippen LogP contribution < -0.4 is 5.32 Å². The van der Waals surface area contributed by atoms with Gasteiger partial charge in [0.25, 0.3) is 0 Å². The van der Waals surface area contributed by atoms with Gasteiger partial charge in [-0.15, -0.1) is 0 Å². The zero-order chi connectivity index (χ0) is 14.8. The molecule has 20 heavy (non-hydrogen) atoms. The maximum Gasteiger partial charge on any atom is 0.416 e. The Bertz CT molecular complexity index is 599. The molecule has 0 saturated carbocycles. The third-order valence-electron chi connectivity index (χ3n) is 2.84. The average molecular weight is 301 g/mol. The van der Waals surface area contributed by atoms with Crippen molar-refractivity contribution in [2.75, 3.05) is 5.32 Å². The Morgan fingerprint density at radius 3 is 2.55 bits per heavy atom. The second-order valence-corrected chi connectivity index (χ2v) is 4.71. The number of alkyl halides is 3. The van der Waals surface area contributed by atoms with Crippen LogP contribution in [-0.2, 0) is 6.18 Å². The summed E-state index contributed by atoms with van der Waals surface area (Å²) in [4.78, 5) is 3.82. The van der Waals surface area contributed by atoms with E-state index in [1.54, 1.807) is 25.1 Å². The van der Waals surface area contributed by atoms with Gasteiger partial charge in [-0.2, -0.15) is 13.2 Å². The second-order valence-electron chi connectivity index (χ2n) is 4.32. The van der Waals surface area contributed by atoms with Crippen molar-refractivity contribution >= 4 is 17.3 Å². The number of halogens is 4. The Morgan fingerprint density at radius 1 is 1.20 bits per heavy atom. The molecule has 0 radical (unpaired) electrons. The molecular weight excluding hydrogens is 289 g/mol. The van der Waals surface area contributed by atoms with E-state index < -0.39 is 17.8 Å². The molecule has 0 aliphatic carbocycles. The molecule has 0 aliphatic rings. The monoisotopic (exact) mass is 300 g/mol. The Balaban J connectivity index is 2.28. The molecule has 2 rings (SSSR count). The van der Waals surface area contributed by atoms with Crippen molar-refractivity contribution in [3.8, 4) is 0 Å². The van der Waals surface area contributed by atoms with E-state index in [4.69, 9.17) is 11.6 Å². The normalized spacial score (nSPS) is 13.1. The van der Waals surface area contributed by atoms with Gasteiger partial charge in [0.15, 0.2) is 0 Å². The molecule has 106 valence electrons. The quantitative estimate of drug-likeness (QED) is 0.813. The lowest BCUT2D eigenvalue weighted by molar-refractivity contribution is -0.138. The number of hydrogen-bond donors (Lipinski definition) is 1. The smallest absolute Gasteiger partial charge is 0.378 e. The number of aromatic nitrogens is 1. The van der Waals surface area contributed by atoms with Crippen LogP contribution in [0.2, 0.25) is 5.15 Å². The second kappa shape index (κ2) is 5.71. The lowest BCUT2D eigenvalue weighted by Gasteiger charge is -2.20. The lowest BCUT2D eigenvalue weighted by atomic mass is 10.0. The average Bonchev–Trinajstić information content (AvgIpc) is 2.37. The first kappa shape index (κ1) is 14.7. The molecule has 1 N–H and O–H groups in total. The topological polar surface area (TPSA) is 24.9 Å². The van der Waals surface area contributed by atoms with Crippen LogP contribution in [0.15, 0.2) is 42.6 Å². The highest BCUT2D eigenvalue weighted by molar-refractivity contribution is 6.29. The lowest BCUT2D eigenvalue weighted by Crippen LogP contribution is -2.15. The standard InChI is InChI=1S/C14H12ClF3N2/c1-9(20-10-6-7-19-13(15)8-10)11-4-2-3-5-12(11)14(16,17)18/h2-9H,1H3,(H,19,20). The minimum atomic E-state index is -4.37. The Labute approximate surface area is 119 Å². The highest BCUT2D eigenvalue weighted by Gasteiger charge is 2.34. The molecule has 6 heteroatoms. The molecule has 0 saturated heterocycles. The fraction of sp³-hybridized carbons (Fsp3) is 0.214. The van der Waals surface area contributed by atoms with Gasteiger partial charge in [0.1, 0.15) is 5.15 Å². The Morgan fingerprint density at radius 2 is 1.90 bits per heavy atom. The first-order chi connectivity index (χ1) is 9.38. The fourth-order valence-corrected chi connectivity index (χ4v) is 2.13. The summed E-state index contributed by atoms with van der Waals surface area (Å²) < 4.78 is 38.9. The highest BCUT2D eigenvalue weighted by atomic mass is 35.5. The molecular formula is C14H12ClF3N2. The predicted octanol–water partition coefficient (Wildman–Crippen LogP) is 4.93. The van der Waals surface area contributed by atoms with Crippen molar-refractivity contribution in [2.45, 2.75) is 19.1 Å². The first-order valence-corrected chi connectivity index (χ1v) is 6.30. The van der Waals surface area contributed by atoms with Crippen LogP contribution in [0, 0.1) is 0 Å². The number of nitrogens with one attached hydrogen (secondary N) is 1. The minimum Gasteiger partial charge on any atom is -0.378 e. The van der Waals surface area contributed by atoms with Gasteiger partial charge in [-0.3, -0.25) is 0 Å². The van der Waals surface area contributed by atoms with Gasteiger partial charge in [0, 0.05) is 17.9 Å². The molecule has 0 bridgehead atoms.